The molecule has 0 fully saturated rings. The molecule has 0 bridgehead atoms. The summed E-state index contributed by atoms with van der Waals surface area (Å²) in [5.74, 6) is 1.65. The summed E-state index contributed by atoms with van der Waals surface area (Å²) in [6.45, 7) is 3.63. The van der Waals surface area contributed by atoms with E-state index in [0.29, 0.717) is 18.1 Å². The maximum atomic E-state index is 5.88. The van der Waals surface area contributed by atoms with Gasteiger partial charge in [0.15, 0.2) is 0 Å². The molecule has 1 atom stereocenters. The molecule has 0 radical (unpaired) electrons. The van der Waals surface area contributed by atoms with Crippen molar-refractivity contribution in [3.63, 3.8) is 0 Å². The van der Waals surface area contributed by atoms with Gasteiger partial charge >= 0.3 is 0 Å². The SMILES string of the molecule is C=CCC(N)c1nc(-c2ccc(OC)c(Br)c2)no1. The second-order valence-electron chi connectivity index (χ2n) is 3.94. The van der Waals surface area contributed by atoms with Crippen LogP contribution in [0.5, 0.6) is 5.75 Å². The molecule has 0 aliphatic rings. The Kier molecular flexibility index (Phi) is 4.34. The molecule has 1 heterocycles. The van der Waals surface area contributed by atoms with E-state index in [1.165, 1.54) is 0 Å². The predicted octanol–water partition coefficient (Wildman–Crippen LogP) is 3.08. The highest BCUT2D eigenvalue weighted by Gasteiger charge is 2.15. The Bertz CT molecular complexity index is 583. The van der Waals surface area contributed by atoms with Gasteiger partial charge in [-0.25, -0.2) is 0 Å². The molecule has 2 rings (SSSR count). The number of nitrogens with zero attached hydrogens (tertiary/aromatic N) is 2. The molecule has 0 amide bonds. The second kappa shape index (κ2) is 5.99. The summed E-state index contributed by atoms with van der Waals surface area (Å²) < 4.78 is 11.1. The maximum absolute atomic E-state index is 5.88. The number of ether oxygens (including phenoxy) is 1. The molecule has 19 heavy (non-hydrogen) atoms. The van der Waals surface area contributed by atoms with Gasteiger partial charge in [-0.05, 0) is 40.5 Å². The number of benzene rings is 1. The Morgan fingerprint density at radius 1 is 1.58 bits per heavy atom. The third kappa shape index (κ3) is 3.02. The molecular weight excluding hydrogens is 310 g/mol. The van der Waals surface area contributed by atoms with Gasteiger partial charge in [-0.3, -0.25) is 0 Å². The number of aromatic nitrogens is 2. The lowest BCUT2D eigenvalue weighted by Gasteiger charge is -2.03. The predicted molar refractivity (Wildman–Crippen MR) is 75.7 cm³/mol. The highest BCUT2D eigenvalue weighted by atomic mass is 79.9. The van der Waals surface area contributed by atoms with Gasteiger partial charge in [-0.1, -0.05) is 11.2 Å². The van der Waals surface area contributed by atoms with Crippen molar-refractivity contribution in [2.75, 3.05) is 7.11 Å². The monoisotopic (exact) mass is 323 g/mol. The molecule has 0 saturated heterocycles. The molecule has 0 saturated carbocycles. The molecule has 0 aliphatic carbocycles. The zero-order valence-corrected chi connectivity index (χ0v) is 12.1. The fourth-order valence-electron chi connectivity index (χ4n) is 1.59. The molecule has 0 aliphatic heterocycles. The van der Waals surface area contributed by atoms with Gasteiger partial charge in [-0.2, -0.15) is 4.98 Å². The van der Waals surface area contributed by atoms with Crippen molar-refractivity contribution in [3.05, 3.63) is 41.2 Å². The van der Waals surface area contributed by atoms with Crippen LogP contribution in [0.25, 0.3) is 11.4 Å². The number of hydrogen-bond acceptors (Lipinski definition) is 5. The Morgan fingerprint density at radius 2 is 2.37 bits per heavy atom. The Morgan fingerprint density at radius 3 is 3.00 bits per heavy atom. The minimum absolute atomic E-state index is 0.319. The standard InChI is InChI=1S/C13H14BrN3O2/c1-3-4-10(15)13-16-12(17-19-13)8-5-6-11(18-2)9(14)7-8/h3,5-7,10H,1,4,15H2,2H3. The van der Waals surface area contributed by atoms with Crippen LogP contribution in [0.1, 0.15) is 18.4 Å². The van der Waals surface area contributed by atoms with Crippen molar-refractivity contribution in [1.29, 1.82) is 0 Å². The fourth-order valence-corrected chi connectivity index (χ4v) is 2.13. The third-order valence-electron chi connectivity index (χ3n) is 2.59. The van der Waals surface area contributed by atoms with Crippen LogP contribution in [0, 0.1) is 0 Å². The van der Waals surface area contributed by atoms with Crippen molar-refractivity contribution >= 4 is 15.9 Å². The Balaban J connectivity index is 2.27. The van der Waals surface area contributed by atoms with Gasteiger partial charge in [0.25, 0.3) is 0 Å². The topological polar surface area (TPSA) is 74.2 Å². The number of nitrogens with two attached hydrogens (primary N) is 1. The van der Waals surface area contributed by atoms with Gasteiger partial charge in [-0.15, -0.1) is 6.58 Å². The number of halogens is 1. The van der Waals surface area contributed by atoms with Crippen LogP contribution in [0.3, 0.4) is 0 Å². The molecule has 2 N–H and O–H groups in total. The Labute approximate surface area is 119 Å². The van der Waals surface area contributed by atoms with E-state index in [9.17, 15) is 0 Å². The molecule has 1 aromatic carbocycles. The highest BCUT2D eigenvalue weighted by molar-refractivity contribution is 9.10. The molecule has 1 unspecified atom stereocenters. The van der Waals surface area contributed by atoms with E-state index in [1.54, 1.807) is 13.2 Å². The summed E-state index contributed by atoms with van der Waals surface area (Å²) in [4.78, 5) is 4.28. The van der Waals surface area contributed by atoms with E-state index in [4.69, 9.17) is 15.0 Å². The van der Waals surface area contributed by atoms with Crippen molar-refractivity contribution in [2.24, 2.45) is 5.73 Å². The van der Waals surface area contributed by atoms with E-state index in [2.05, 4.69) is 32.6 Å². The molecule has 100 valence electrons. The molecule has 2 aromatic rings. The first-order valence-electron chi connectivity index (χ1n) is 5.69. The molecular formula is C13H14BrN3O2. The van der Waals surface area contributed by atoms with Gasteiger partial charge in [0.05, 0.1) is 17.6 Å². The number of rotatable bonds is 5. The summed E-state index contributed by atoms with van der Waals surface area (Å²) >= 11 is 3.42. The van der Waals surface area contributed by atoms with Crippen LogP contribution in [0.15, 0.2) is 39.8 Å². The summed E-state index contributed by atoms with van der Waals surface area (Å²) in [5.41, 5.74) is 6.70. The highest BCUT2D eigenvalue weighted by Crippen LogP contribution is 2.29. The normalized spacial score (nSPS) is 12.2. The summed E-state index contributed by atoms with van der Waals surface area (Å²) in [6.07, 6.45) is 2.31. The number of methoxy groups -OCH3 is 1. The van der Waals surface area contributed by atoms with E-state index in [1.807, 2.05) is 18.2 Å². The maximum Gasteiger partial charge on any atom is 0.244 e. The van der Waals surface area contributed by atoms with E-state index >= 15 is 0 Å². The average Bonchev–Trinajstić information content (AvgIpc) is 2.88. The first kappa shape index (κ1) is 13.8. The minimum Gasteiger partial charge on any atom is -0.496 e. The zero-order chi connectivity index (χ0) is 13.8. The lowest BCUT2D eigenvalue weighted by atomic mass is 10.2. The third-order valence-corrected chi connectivity index (χ3v) is 3.21. The number of hydrogen-bond donors (Lipinski definition) is 1. The zero-order valence-electron chi connectivity index (χ0n) is 10.5. The molecule has 6 heteroatoms. The summed E-state index contributed by atoms with van der Waals surface area (Å²) in [6, 6.07) is 5.24. The van der Waals surface area contributed by atoms with Crippen LogP contribution < -0.4 is 10.5 Å². The minimum atomic E-state index is -0.319. The van der Waals surface area contributed by atoms with Crippen LogP contribution in [-0.4, -0.2) is 17.3 Å². The van der Waals surface area contributed by atoms with Gasteiger partial charge < -0.3 is 15.0 Å². The van der Waals surface area contributed by atoms with Gasteiger partial charge in [0.2, 0.25) is 11.7 Å². The first-order chi connectivity index (χ1) is 9.15. The molecule has 5 nitrogen and oxygen atoms in total. The van der Waals surface area contributed by atoms with Gasteiger partial charge in [0.1, 0.15) is 5.75 Å². The summed E-state index contributed by atoms with van der Waals surface area (Å²) in [7, 11) is 1.61. The van der Waals surface area contributed by atoms with Crippen molar-refractivity contribution in [3.8, 4) is 17.1 Å². The fraction of sp³-hybridized carbons (Fsp3) is 0.231. The quantitative estimate of drug-likeness (QED) is 0.856. The summed E-state index contributed by atoms with van der Waals surface area (Å²) in [5, 5.41) is 3.92. The van der Waals surface area contributed by atoms with Crippen LogP contribution in [0.4, 0.5) is 0 Å². The van der Waals surface area contributed by atoms with Crippen molar-refractivity contribution in [1.82, 2.24) is 10.1 Å². The van der Waals surface area contributed by atoms with Crippen molar-refractivity contribution in [2.45, 2.75) is 12.5 Å². The second-order valence-corrected chi connectivity index (χ2v) is 4.79. The molecule has 1 aromatic heterocycles. The van der Waals surface area contributed by atoms with E-state index < -0.39 is 0 Å². The van der Waals surface area contributed by atoms with Crippen LogP contribution in [-0.2, 0) is 0 Å². The lowest BCUT2D eigenvalue weighted by molar-refractivity contribution is 0.356. The lowest BCUT2D eigenvalue weighted by Crippen LogP contribution is -2.09. The largest absolute Gasteiger partial charge is 0.496 e. The smallest absolute Gasteiger partial charge is 0.244 e. The van der Waals surface area contributed by atoms with Crippen LogP contribution in [0.2, 0.25) is 0 Å². The first-order valence-corrected chi connectivity index (χ1v) is 6.49. The van der Waals surface area contributed by atoms with Crippen LogP contribution >= 0.6 is 15.9 Å². The Hall–Kier alpha value is -1.66. The molecule has 0 spiro atoms. The van der Waals surface area contributed by atoms with Crippen molar-refractivity contribution < 1.29 is 9.26 Å². The average molecular weight is 324 g/mol. The van der Waals surface area contributed by atoms with E-state index in [-0.39, 0.29) is 6.04 Å². The van der Waals surface area contributed by atoms with Gasteiger partial charge in [0, 0.05) is 5.56 Å². The van der Waals surface area contributed by atoms with E-state index in [0.717, 1.165) is 15.8 Å².